The van der Waals surface area contributed by atoms with Crippen LogP contribution in [0.25, 0.3) is 0 Å². The molecule has 0 saturated heterocycles. The number of benzene rings is 1. The smallest absolute Gasteiger partial charge is 0.251 e. The lowest BCUT2D eigenvalue weighted by molar-refractivity contribution is 0.0948. The van der Waals surface area contributed by atoms with Crippen LogP contribution in [0.5, 0.6) is 0 Å². The molecule has 0 heterocycles. The van der Waals surface area contributed by atoms with Crippen LogP contribution in [0, 0.1) is 17.2 Å². The summed E-state index contributed by atoms with van der Waals surface area (Å²) in [6.07, 6.45) is 0.875. The Kier molecular flexibility index (Phi) is 5.51. The minimum absolute atomic E-state index is 0.150. The maximum atomic E-state index is 11.8. The van der Waals surface area contributed by atoms with Crippen LogP contribution in [0.3, 0.4) is 0 Å². The zero-order valence-corrected chi connectivity index (χ0v) is 10.5. The SMILES string of the molecule is CC(CCCl)CNC(=O)c1cccc(C#N)c1. The fourth-order valence-electron chi connectivity index (χ4n) is 1.39. The molecule has 1 aromatic carbocycles. The predicted octanol–water partition coefficient (Wildman–Crippen LogP) is 2.55. The molecule has 3 nitrogen and oxygen atoms in total. The van der Waals surface area contributed by atoms with E-state index < -0.39 is 0 Å². The van der Waals surface area contributed by atoms with Crippen LogP contribution in [0.4, 0.5) is 0 Å². The minimum atomic E-state index is -0.150. The van der Waals surface area contributed by atoms with Gasteiger partial charge in [0.05, 0.1) is 11.6 Å². The molecular weight excluding hydrogens is 236 g/mol. The van der Waals surface area contributed by atoms with Gasteiger partial charge in [0, 0.05) is 18.0 Å². The molecule has 0 aliphatic rings. The Bertz CT molecular complexity index is 426. The number of amides is 1. The van der Waals surface area contributed by atoms with Crippen molar-refractivity contribution in [1.29, 1.82) is 5.26 Å². The lowest BCUT2D eigenvalue weighted by Crippen LogP contribution is -2.28. The summed E-state index contributed by atoms with van der Waals surface area (Å²) in [7, 11) is 0. The third kappa shape index (κ3) is 4.46. The van der Waals surface area contributed by atoms with Gasteiger partial charge in [-0.2, -0.15) is 5.26 Å². The fourth-order valence-corrected chi connectivity index (χ4v) is 1.76. The molecular formula is C13H15ClN2O. The van der Waals surface area contributed by atoms with E-state index in [1.54, 1.807) is 24.3 Å². The highest BCUT2D eigenvalue weighted by Gasteiger charge is 2.08. The zero-order valence-electron chi connectivity index (χ0n) is 9.74. The largest absolute Gasteiger partial charge is 0.352 e. The van der Waals surface area contributed by atoms with Gasteiger partial charge in [0.25, 0.3) is 5.91 Å². The Morgan fingerprint density at radius 1 is 1.59 bits per heavy atom. The van der Waals surface area contributed by atoms with Gasteiger partial charge < -0.3 is 5.32 Å². The monoisotopic (exact) mass is 250 g/mol. The summed E-state index contributed by atoms with van der Waals surface area (Å²) in [6.45, 7) is 2.64. The average Bonchev–Trinajstić information content (AvgIpc) is 2.36. The molecule has 1 rings (SSSR count). The molecule has 0 aliphatic heterocycles. The summed E-state index contributed by atoms with van der Waals surface area (Å²) >= 11 is 5.62. The van der Waals surface area contributed by atoms with Crippen molar-refractivity contribution in [1.82, 2.24) is 5.32 Å². The molecule has 17 heavy (non-hydrogen) atoms. The van der Waals surface area contributed by atoms with Crippen molar-refractivity contribution >= 4 is 17.5 Å². The van der Waals surface area contributed by atoms with Gasteiger partial charge in [0.1, 0.15) is 0 Å². The molecule has 0 radical (unpaired) electrons. The number of nitrogens with one attached hydrogen (secondary N) is 1. The van der Waals surface area contributed by atoms with Gasteiger partial charge in [-0.25, -0.2) is 0 Å². The number of rotatable bonds is 5. The van der Waals surface area contributed by atoms with Crippen LogP contribution in [-0.4, -0.2) is 18.3 Å². The Hall–Kier alpha value is -1.53. The normalized spacial score (nSPS) is 11.6. The molecule has 0 bridgehead atoms. The van der Waals surface area contributed by atoms with E-state index in [0.717, 1.165) is 6.42 Å². The highest BCUT2D eigenvalue weighted by atomic mass is 35.5. The second kappa shape index (κ2) is 6.93. The van der Waals surface area contributed by atoms with Crippen molar-refractivity contribution in [2.75, 3.05) is 12.4 Å². The van der Waals surface area contributed by atoms with Gasteiger partial charge in [-0.05, 0) is 30.5 Å². The third-order valence-corrected chi connectivity index (χ3v) is 2.69. The van der Waals surface area contributed by atoms with E-state index in [1.807, 2.05) is 13.0 Å². The lowest BCUT2D eigenvalue weighted by atomic mass is 10.1. The summed E-state index contributed by atoms with van der Waals surface area (Å²) < 4.78 is 0. The van der Waals surface area contributed by atoms with Crippen LogP contribution >= 0.6 is 11.6 Å². The van der Waals surface area contributed by atoms with E-state index >= 15 is 0 Å². The number of hydrogen-bond acceptors (Lipinski definition) is 2. The van der Waals surface area contributed by atoms with Crippen molar-refractivity contribution in [2.24, 2.45) is 5.92 Å². The van der Waals surface area contributed by atoms with E-state index in [2.05, 4.69) is 5.32 Å². The van der Waals surface area contributed by atoms with Crippen molar-refractivity contribution in [3.63, 3.8) is 0 Å². The maximum Gasteiger partial charge on any atom is 0.251 e. The molecule has 4 heteroatoms. The van der Waals surface area contributed by atoms with Crippen LogP contribution in [0.1, 0.15) is 29.3 Å². The number of nitriles is 1. The first kappa shape index (κ1) is 13.5. The van der Waals surface area contributed by atoms with Crippen molar-refractivity contribution in [3.8, 4) is 6.07 Å². The van der Waals surface area contributed by atoms with Gasteiger partial charge >= 0.3 is 0 Å². The Morgan fingerprint density at radius 3 is 3.00 bits per heavy atom. The van der Waals surface area contributed by atoms with Crippen LogP contribution in [0.15, 0.2) is 24.3 Å². The quantitative estimate of drug-likeness (QED) is 0.817. The number of halogens is 1. The zero-order chi connectivity index (χ0) is 12.7. The first-order valence-electron chi connectivity index (χ1n) is 5.51. The predicted molar refractivity (Wildman–Crippen MR) is 68.0 cm³/mol. The van der Waals surface area contributed by atoms with Crippen LogP contribution < -0.4 is 5.32 Å². The number of nitrogens with zero attached hydrogens (tertiary/aromatic N) is 1. The molecule has 0 spiro atoms. The summed E-state index contributed by atoms with van der Waals surface area (Å²) in [5.74, 6) is 0.806. The molecule has 1 aromatic rings. The summed E-state index contributed by atoms with van der Waals surface area (Å²) in [5.41, 5.74) is 1.01. The van der Waals surface area contributed by atoms with Crippen molar-refractivity contribution < 1.29 is 4.79 Å². The molecule has 1 atom stereocenters. The molecule has 0 fully saturated rings. The van der Waals surface area contributed by atoms with E-state index in [0.29, 0.717) is 29.5 Å². The number of carbonyl (C=O) groups excluding carboxylic acids is 1. The van der Waals surface area contributed by atoms with E-state index in [1.165, 1.54) is 0 Å². The summed E-state index contributed by atoms with van der Waals surface area (Å²) in [5, 5.41) is 11.6. The molecule has 1 amide bonds. The standard InChI is InChI=1S/C13H15ClN2O/c1-10(5-6-14)9-16-13(17)12-4-2-3-11(7-12)8-15/h2-4,7,10H,5-6,9H2,1H3,(H,16,17). The minimum Gasteiger partial charge on any atom is -0.352 e. The fraction of sp³-hybridized carbons (Fsp3) is 0.385. The van der Waals surface area contributed by atoms with Crippen molar-refractivity contribution in [2.45, 2.75) is 13.3 Å². The Labute approximate surface area is 106 Å². The Morgan fingerprint density at radius 2 is 2.35 bits per heavy atom. The molecule has 90 valence electrons. The summed E-state index contributed by atoms with van der Waals surface area (Å²) in [4.78, 5) is 11.8. The van der Waals surface area contributed by atoms with E-state index in [-0.39, 0.29) is 5.91 Å². The van der Waals surface area contributed by atoms with Gasteiger partial charge in [0.2, 0.25) is 0 Å². The van der Waals surface area contributed by atoms with Gasteiger partial charge in [0.15, 0.2) is 0 Å². The van der Waals surface area contributed by atoms with Crippen molar-refractivity contribution in [3.05, 3.63) is 35.4 Å². The summed E-state index contributed by atoms with van der Waals surface area (Å²) in [6, 6.07) is 8.67. The second-order valence-corrected chi connectivity index (χ2v) is 4.36. The molecule has 1 unspecified atom stereocenters. The first-order valence-corrected chi connectivity index (χ1v) is 6.05. The highest BCUT2D eigenvalue weighted by Crippen LogP contribution is 2.05. The molecule has 0 saturated carbocycles. The number of alkyl halides is 1. The number of hydrogen-bond donors (Lipinski definition) is 1. The van der Waals surface area contributed by atoms with Crippen LogP contribution in [-0.2, 0) is 0 Å². The van der Waals surface area contributed by atoms with Gasteiger partial charge in [-0.1, -0.05) is 13.0 Å². The lowest BCUT2D eigenvalue weighted by Gasteiger charge is -2.10. The Balaban J connectivity index is 2.55. The second-order valence-electron chi connectivity index (χ2n) is 3.99. The molecule has 0 aliphatic carbocycles. The van der Waals surface area contributed by atoms with Gasteiger partial charge in [-0.15, -0.1) is 11.6 Å². The van der Waals surface area contributed by atoms with E-state index in [4.69, 9.17) is 16.9 Å². The third-order valence-electron chi connectivity index (χ3n) is 2.47. The van der Waals surface area contributed by atoms with Crippen LogP contribution in [0.2, 0.25) is 0 Å². The highest BCUT2D eigenvalue weighted by molar-refractivity contribution is 6.17. The topological polar surface area (TPSA) is 52.9 Å². The number of carbonyl (C=O) groups is 1. The maximum absolute atomic E-state index is 11.8. The van der Waals surface area contributed by atoms with E-state index in [9.17, 15) is 4.79 Å². The molecule has 1 N–H and O–H groups in total. The molecule has 0 aromatic heterocycles. The first-order chi connectivity index (χ1) is 8.17. The average molecular weight is 251 g/mol. The van der Waals surface area contributed by atoms with Gasteiger partial charge in [-0.3, -0.25) is 4.79 Å².